The molecule has 160 valence electrons. The van der Waals surface area contributed by atoms with Crippen LogP contribution in [-0.2, 0) is 11.0 Å². The van der Waals surface area contributed by atoms with Crippen molar-refractivity contribution in [3.05, 3.63) is 48.2 Å². The van der Waals surface area contributed by atoms with Crippen LogP contribution < -0.4 is 15.4 Å². The first-order valence-corrected chi connectivity index (χ1v) is 8.73. The number of nitrogens with one attached hydrogen (secondary N) is 2. The lowest BCUT2D eigenvalue weighted by Gasteiger charge is -2.10. The molecular weight excluding hydrogens is 430 g/mol. The Balaban J connectivity index is 0.00000210. The summed E-state index contributed by atoms with van der Waals surface area (Å²) in [4.78, 5) is 15.4. The van der Waals surface area contributed by atoms with Gasteiger partial charge in [0.2, 0.25) is 11.8 Å². The van der Waals surface area contributed by atoms with Gasteiger partial charge in [-0.25, -0.2) is 4.98 Å². The summed E-state index contributed by atoms with van der Waals surface area (Å²) in [5, 5.41) is 6.08. The Morgan fingerprint density at radius 1 is 1.17 bits per heavy atom. The van der Waals surface area contributed by atoms with Gasteiger partial charge in [-0.2, -0.15) is 13.2 Å². The fourth-order valence-corrected chi connectivity index (χ4v) is 2.88. The van der Waals surface area contributed by atoms with Crippen LogP contribution in [0.25, 0.3) is 0 Å². The molecule has 10 heteroatoms. The number of anilines is 1. The van der Waals surface area contributed by atoms with Crippen molar-refractivity contribution >= 4 is 36.4 Å². The predicted molar refractivity (Wildman–Crippen MR) is 109 cm³/mol. The molecule has 2 aromatic rings. The average Bonchev–Trinajstić information content (AvgIpc) is 3.15. The largest absolute Gasteiger partial charge is 0.439 e. The second kappa shape index (κ2) is 11.2. The minimum absolute atomic E-state index is 0. The van der Waals surface area contributed by atoms with E-state index in [4.69, 9.17) is 4.74 Å². The number of aromatic nitrogens is 1. The van der Waals surface area contributed by atoms with E-state index in [0.717, 1.165) is 32.0 Å². The number of amides is 1. The van der Waals surface area contributed by atoms with Gasteiger partial charge < -0.3 is 15.4 Å². The van der Waals surface area contributed by atoms with Crippen molar-refractivity contribution < 1.29 is 22.7 Å². The number of carbonyl (C=O) groups is 1. The van der Waals surface area contributed by atoms with E-state index in [9.17, 15) is 18.0 Å². The summed E-state index contributed by atoms with van der Waals surface area (Å²) in [6, 6.07) is 9.88. The molecule has 2 N–H and O–H groups in total. The number of halogens is 5. The van der Waals surface area contributed by atoms with Gasteiger partial charge in [0.25, 0.3) is 0 Å². The molecule has 2 heterocycles. The van der Waals surface area contributed by atoms with Gasteiger partial charge in [0, 0.05) is 18.2 Å². The lowest BCUT2D eigenvalue weighted by molar-refractivity contribution is -0.141. The second-order valence-corrected chi connectivity index (χ2v) is 6.43. The first-order valence-electron chi connectivity index (χ1n) is 8.73. The van der Waals surface area contributed by atoms with Crippen molar-refractivity contribution in [3.63, 3.8) is 0 Å². The Morgan fingerprint density at radius 2 is 1.90 bits per heavy atom. The Morgan fingerprint density at radius 3 is 2.52 bits per heavy atom. The predicted octanol–water partition coefficient (Wildman–Crippen LogP) is 5.06. The Bertz CT molecular complexity index is 783. The van der Waals surface area contributed by atoms with Crippen LogP contribution in [0.15, 0.2) is 42.5 Å². The van der Waals surface area contributed by atoms with Crippen molar-refractivity contribution in [2.75, 3.05) is 18.4 Å². The fraction of sp³-hybridized carbons (Fsp3) is 0.368. The second-order valence-electron chi connectivity index (χ2n) is 6.43. The van der Waals surface area contributed by atoms with E-state index >= 15 is 0 Å². The number of hydrogen-bond donors (Lipinski definition) is 2. The SMILES string of the molecule is Cl.Cl.O=C(CCC1CCNC1)Nc1ccc(Oc2cccc(C(F)(F)F)n2)cc1. The van der Waals surface area contributed by atoms with Crippen LogP contribution in [0.5, 0.6) is 11.6 Å². The highest BCUT2D eigenvalue weighted by molar-refractivity contribution is 5.90. The monoisotopic (exact) mass is 451 g/mol. The minimum atomic E-state index is -4.53. The van der Waals surface area contributed by atoms with E-state index in [0.29, 0.717) is 23.8 Å². The molecule has 1 unspecified atom stereocenters. The first kappa shape index (κ1) is 25.0. The van der Waals surface area contributed by atoms with E-state index in [1.165, 1.54) is 12.1 Å². The zero-order valence-corrected chi connectivity index (χ0v) is 17.0. The van der Waals surface area contributed by atoms with Crippen molar-refractivity contribution in [2.24, 2.45) is 5.92 Å². The van der Waals surface area contributed by atoms with E-state index < -0.39 is 11.9 Å². The molecule has 1 aromatic heterocycles. The maximum atomic E-state index is 12.7. The normalized spacial score (nSPS) is 15.8. The number of rotatable bonds is 6. The van der Waals surface area contributed by atoms with E-state index in [1.807, 2.05) is 0 Å². The summed E-state index contributed by atoms with van der Waals surface area (Å²) in [5.74, 6) is 0.672. The molecule has 1 fully saturated rings. The number of hydrogen-bond acceptors (Lipinski definition) is 4. The van der Waals surface area contributed by atoms with E-state index in [-0.39, 0.29) is 36.6 Å². The average molecular weight is 452 g/mol. The Hall–Kier alpha value is -2.03. The highest BCUT2D eigenvalue weighted by atomic mass is 35.5. The van der Waals surface area contributed by atoms with Crippen molar-refractivity contribution in [1.82, 2.24) is 10.3 Å². The van der Waals surface area contributed by atoms with Gasteiger partial charge >= 0.3 is 6.18 Å². The quantitative estimate of drug-likeness (QED) is 0.643. The van der Waals surface area contributed by atoms with Crippen LogP contribution in [0.3, 0.4) is 0 Å². The summed E-state index contributed by atoms with van der Waals surface area (Å²) < 4.78 is 43.4. The van der Waals surface area contributed by atoms with Crippen molar-refractivity contribution in [3.8, 4) is 11.6 Å². The molecule has 1 aliphatic heterocycles. The standard InChI is InChI=1S/C19H20F3N3O2.2ClH/c20-19(21,22)16-2-1-3-18(25-16)27-15-7-5-14(6-8-15)24-17(26)9-4-13-10-11-23-12-13;;/h1-3,5-8,13,23H,4,9-12H2,(H,24,26);2*1H. The zero-order valence-electron chi connectivity index (χ0n) is 15.4. The highest BCUT2D eigenvalue weighted by Crippen LogP contribution is 2.30. The molecule has 1 saturated heterocycles. The maximum absolute atomic E-state index is 12.7. The van der Waals surface area contributed by atoms with Crippen molar-refractivity contribution in [1.29, 1.82) is 0 Å². The third kappa shape index (κ3) is 7.72. The molecule has 3 rings (SSSR count). The molecule has 29 heavy (non-hydrogen) atoms. The Labute approximate surface area is 179 Å². The number of carbonyl (C=O) groups excluding carboxylic acids is 1. The lowest BCUT2D eigenvalue weighted by atomic mass is 10.0. The molecule has 0 radical (unpaired) electrons. The summed E-state index contributed by atoms with van der Waals surface area (Å²) >= 11 is 0. The molecule has 5 nitrogen and oxygen atoms in total. The maximum Gasteiger partial charge on any atom is 0.433 e. The van der Waals surface area contributed by atoms with Gasteiger partial charge in [-0.3, -0.25) is 4.79 Å². The number of ether oxygens (including phenoxy) is 1. The molecule has 0 bridgehead atoms. The van der Waals surface area contributed by atoms with Crippen LogP contribution in [-0.4, -0.2) is 24.0 Å². The molecule has 1 aromatic carbocycles. The summed E-state index contributed by atoms with van der Waals surface area (Å²) in [6.45, 7) is 1.97. The highest BCUT2D eigenvalue weighted by Gasteiger charge is 2.32. The van der Waals surface area contributed by atoms with Crippen LogP contribution in [0, 0.1) is 5.92 Å². The molecular formula is C19H22Cl2F3N3O2. The fourth-order valence-electron chi connectivity index (χ4n) is 2.88. The topological polar surface area (TPSA) is 63.2 Å². The molecule has 0 spiro atoms. The van der Waals surface area contributed by atoms with Gasteiger partial charge in [0.15, 0.2) is 0 Å². The summed E-state index contributed by atoms with van der Waals surface area (Å²) in [7, 11) is 0. The van der Waals surface area contributed by atoms with Crippen LogP contribution >= 0.6 is 24.8 Å². The molecule has 1 atom stereocenters. The smallest absolute Gasteiger partial charge is 0.433 e. The molecule has 0 saturated carbocycles. The third-order valence-electron chi connectivity index (χ3n) is 4.32. The van der Waals surface area contributed by atoms with Gasteiger partial charge in [-0.15, -0.1) is 24.8 Å². The van der Waals surface area contributed by atoms with Gasteiger partial charge in [-0.1, -0.05) is 6.07 Å². The summed E-state index contributed by atoms with van der Waals surface area (Å²) in [5.41, 5.74) is -0.407. The number of nitrogens with zero attached hydrogens (tertiary/aromatic N) is 1. The van der Waals surface area contributed by atoms with Crippen LogP contribution in [0.1, 0.15) is 25.0 Å². The number of benzene rings is 1. The molecule has 0 aliphatic carbocycles. The van der Waals surface area contributed by atoms with Gasteiger partial charge in [0.05, 0.1) is 0 Å². The van der Waals surface area contributed by atoms with Gasteiger partial charge in [-0.05, 0) is 62.2 Å². The van der Waals surface area contributed by atoms with Crippen molar-refractivity contribution in [2.45, 2.75) is 25.4 Å². The third-order valence-corrected chi connectivity index (χ3v) is 4.32. The zero-order chi connectivity index (χ0) is 19.3. The number of pyridine rings is 1. The first-order chi connectivity index (χ1) is 12.9. The Kier molecular flexibility index (Phi) is 9.68. The number of alkyl halides is 3. The summed E-state index contributed by atoms with van der Waals surface area (Å²) in [6.07, 6.45) is -2.12. The van der Waals surface area contributed by atoms with E-state index in [2.05, 4.69) is 15.6 Å². The lowest BCUT2D eigenvalue weighted by Crippen LogP contribution is -2.14. The minimum Gasteiger partial charge on any atom is -0.439 e. The van der Waals surface area contributed by atoms with Crippen LogP contribution in [0.4, 0.5) is 18.9 Å². The molecule has 1 amide bonds. The van der Waals surface area contributed by atoms with E-state index in [1.54, 1.807) is 24.3 Å². The molecule has 1 aliphatic rings. The van der Waals surface area contributed by atoms with Gasteiger partial charge in [0.1, 0.15) is 11.4 Å². The van der Waals surface area contributed by atoms with Crippen LogP contribution in [0.2, 0.25) is 0 Å².